The molecule has 1 atom stereocenters. The van der Waals surface area contributed by atoms with Crippen molar-refractivity contribution < 1.29 is 32.5 Å². The summed E-state index contributed by atoms with van der Waals surface area (Å²) in [4.78, 5) is 20.2. The van der Waals surface area contributed by atoms with Gasteiger partial charge in [-0.1, -0.05) is 37.2 Å². The number of ether oxygens (including phenoxy) is 2. The molecule has 0 spiro atoms. The second kappa shape index (κ2) is 11.6. The van der Waals surface area contributed by atoms with E-state index in [2.05, 4.69) is 27.5 Å². The molecule has 0 bridgehead atoms. The summed E-state index contributed by atoms with van der Waals surface area (Å²) in [7, 11) is 0. The maximum atomic E-state index is 12.6. The summed E-state index contributed by atoms with van der Waals surface area (Å²) < 4.78 is 48.0. The number of carboxylic acids is 1. The number of piperazine rings is 1. The van der Waals surface area contributed by atoms with Crippen molar-refractivity contribution >= 4 is 32.7 Å². The van der Waals surface area contributed by atoms with E-state index in [0.29, 0.717) is 22.5 Å². The van der Waals surface area contributed by atoms with Crippen molar-refractivity contribution in [1.82, 2.24) is 9.88 Å². The number of unbranched alkanes of at least 4 members (excludes halogenated alkanes) is 1. The number of halogens is 3. The monoisotopic (exact) mass is 537 g/mol. The molecule has 0 aliphatic carbocycles. The van der Waals surface area contributed by atoms with Crippen molar-refractivity contribution in [1.29, 1.82) is 0 Å². The van der Waals surface area contributed by atoms with Gasteiger partial charge in [0.05, 0.1) is 10.2 Å². The average molecular weight is 538 g/mol. The number of carboxylic acid groups (broad SMARTS) is 1. The van der Waals surface area contributed by atoms with Crippen LogP contribution in [0.4, 0.5) is 18.3 Å². The molecule has 2 heterocycles. The third-order valence-corrected chi connectivity index (χ3v) is 7.22. The van der Waals surface area contributed by atoms with Crippen LogP contribution in [0.25, 0.3) is 10.2 Å². The van der Waals surface area contributed by atoms with E-state index in [1.165, 1.54) is 23.5 Å². The fraction of sp³-hybridized carbons (Fsp3) is 0.462. The molecule has 1 aromatic heterocycles. The molecule has 11 heteroatoms. The van der Waals surface area contributed by atoms with Crippen LogP contribution in [0, 0.1) is 6.92 Å². The van der Waals surface area contributed by atoms with Crippen LogP contribution in [0.5, 0.6) is 11.5 Å². The van der Waals surface area contributed by atoms with E-state index < -0.39 is 12.3 Å². The Morgan fingerprint density at radius 3 is 2.73 bits per heavy atom. The van der Waals surface area contributed by atoms with E-state index in [4.69, 9.17) is 14.8 Å². The Balaban J connectivity index is 1.49. The number of aryl methyl sites for hydroxylation is 1. The molecule has 2 aromatic carbocycles. The topological polar surface area (TPSA) is 75.1 Å². The quantitative estimate of drug-likeness (QED) is 0.348. The van der Waals surface area contributed by atoms with Crippen LogP contribution in [0.3, 0.4) is 0 Å². The minimum absolute atomic E-state index is 0.215. The highest BCUT2D eigenvalue weighted by Crippen LogP contribution is 2.35. The molecule has 0 radical (unpaired) electrons. The molecule has 1 saturated heterocycles. The van der Waals surface area contributed by atoms with Crippen LogP contribution < -0.4 is 14.4 Å². The van der Waals surface area contributed by atoms with Crippen LogP contribution in [-0.4, -0.2) is 59.6 Å². The Morgan fingerprint density at radius 2 is 2.00 bits per heavy atom. The molecule has 1 unspecified atom stereocenters. The van der Waals surface area contributed by atoms with Crippen LogP contribution in [0.15, 0.2) is 36.4 Å². The summed E-state index contributed by atoms with van der Waals surface area (Å²) >= 11 is 1.38. The number of anilines is 1. The maximum Gasteiger partial charge on any atom is 0.573 e. The molecule has 1 aliphatic heterocycles. The zero-order chi connectivity index (χ0) is 26.6. The van der Waals surface area contributed by atoms with Gasteiger partial charge in [0, 0.05) is 38.3 Å². The van der Waals surface area contributed by atoms with Gasteiger partial charge < -0.3 is 19.5 Å². The first-order valence-electron chi connectivity index (χ1n) is 12.2. The van der Waals surface area contributed by atoms with E-state index in [1.807, 2.05) is 19.1 Å². The number of alkyl halides is 3. The van der Waals surface area contributed by atoms with E-state index in [9.17, 15) is 18.0 Å². The van der Waals surface area contributed by atoms with Crippen molar-refractivity contribution in [3.05, 3.63) is 47.5 Å². The van der Waals surface area contributed by atoms with E-state index in [0.717, 1.165) is 55.2 Å². The fourth-order valence-electron chi connectivity index (χ4n) is 4.62. The van der Waals surface area contributed by atoms with E-state index in [-0.39, 0.29) is 18.4 Å². The zero-order valence-corrected chi connectivity index (χ0v) is 21.6. The smallest absolute Gasteiger partial charge is 0.482 e. The molecule has 0 saturated carbocycles. The third kappa shape index (κ3) is 7.48. The number of nitrogens with zero attached hydrogens (tertiary/aromatic N) is 3. The van der Waals surface area contributed by atoms with Gasteiger partial charge >= 0.3 is 12.3 Å². The number of rotatable bonds is 10. The molecular weight excluding hydrogens is 507 g/mol. The minimum atomic E-state index is -4.73. The Labute approximate surface area is 217 Å². The molecule has 0 amide bonds. The van der Waals surface area contributed by atoms with Crippen molar-refractivity contribution in [2.45, 2.75) is 52.1 Å². The van der Waals surface area contributed by atoms with Gasteiger partial charge in [-0.3, -0.25) is 4.90 Å². The summed E-state index contributed by atoms with van der Waals surface area (Å²) in [6, 6.07) is 10.3. The lowest BCUT2D eigenvalue weighted by Gasteiger charge is -2.41. The first-order valence-corrected chi connectivity index (χ1v) is 13.0. The van der Waals surface area contributed by atoms with Gasteiger partial charge in [0.1, 0.15) is 11.5 Å². The van der Waals surface area contributed by atoms with Crippen molar-refractivity contribution in [2.24, 2.45) is 0 Å². The van der Waals surface area contributed by atoms with Gasteiger partial charge in [0.25, 0.3) is 0 Å². The van der Waals surface area contributed by atoms with Crippen LogP contribution in [0.1, 0.15) is 37.3 Å². The van der Waals surface area contributed by atoms with Gasteiger partial charge in [-0.25, -0.2) is 9.78 Å². The molecule has 37 heavy (non-hydrogen) atoms. The lowest BCUT2D eigenvalue weighted by Crippen LogP contribution is -2.53. The van der Waals surface area contributed by atoms with Crippen LogP contribution >= 0.6 is 11.3 Å². The van der Waals surface area contributed by atoms with Gasteiger partial charge in [-0.15, -0.1) is 13.2 Å². The number of aliphatic carboxylic acids is 1. The number of carbonyl (C=O) groups is 1. The number of hydrogen-bond acceptors (Lipinski definition) is 7. The van der Waals surface area contributed by atoms with Gasteiger partial charge in [0.15, 0.2) is 11.7 Å². The predicted molar refractivity (Wildman–Crippen MR) is 137 cm³/mol. The molecule has 1 aliphatic rings. The Bertz CT molecular complexity index is 1230. The normalized spacial score (nSPS) is 16.8. The van der Waals surface area contributed by atoms with Gasteiger partial charge in [-0.05, 0) is 48.7 Å². The molecule has 7 nitrogen and oxygen atoms in total. The third-order valence-electron chi connectivity index (χ3n) is 6.16. The second-order valence-electron chi connectivity index (χ2n) is 9.24. The number of benzene rings is 2. The van der Waals surface area contributed by atoms with Crippen LogP contribution in [-0.2, 0) is 11.3 Å². The molecule has 200 valence electrons. The van der Waals surface area contributed by atoms with Gasteiger partial charge in [-0.2, -0.15) is 0 Å². The van der Waals surface area contributed by atoms with Crippen LogP contribution in [0.2, 0.25) is 0 Å². The van der Waals surface area contributed by atoms with Crippen molar-refractivity contribution in [3.63, 3.8) is 0 Å². The summed E-state index contributed by atoms with van der Waals surface area (Å²) in [6.45, 7) is 6.78. The molecule has 1 N–H and O–H groups in total. The number of aromatic nitrogens is 1. The van der Waals surface area contributed by atoms with E-state index >= 15 is 0 Å². The lowest BCUT2D eigenvalue weighted by molar-refractivity contribution is -0.274. The highest BCUT2D eigenvalue weighted by Gasteiger charge is 2.32. The number of thiazole rings is 1. The number of fused-ring (bicyclic) bond motifs is 1. The molecule has 4 rings (SSSR count). The minimum Gasteiger partial charge on any atom is -0.482 e. The Hall–Kier alpha value is -3.05. The standard InChI is InChI=1S/C26H30F3N3O4S/c1-3-4-5-19-15-31(14-18-10-17(2)11-21(12-18)35-16-24(33)34)8-9-32(19)25-30-22-7-6-20(13-23(22)37-25)36-26(27,28)29/h6-7,10-13,19H,3-5,8-9,14-16H2,1-2H3,(H,33,34). The largest absolute Gasteiger partial charge is 0.573 e. The van der Waals surface area contributed by atoms with Gasteiger partial charge in [0.2, 0.25) is 0 Å². The second-order valence-corrected chi connectivity index (χ2v) is 10.2. The Morgan fingerprint density at radius 1 is 1.19 bits per heavy atom. The molecule has 1 fully saturated rings. The predicted octanol–water partition coefficient (Wildman–Crippen LogP) is 5.85. The highest BCUT2D eigenvalue weighted by molar-refractivity contribution is 7.22. The number of hydrogen-bond donors (Lipinski definition) is 1. The zero-order valence-electron chi connectivity index (χ0n) is 20.8. The summed E-state index contributed by atoms with van der Waals surface area (Å²) in [6.07, 6.45) is -1.64. The van der Waals surface area contributed by atoms with Crippen molar-refractivity contribution in [3.8, 4) is 11.5 Å². The first kappa shape index (κ1) is 27.0. The SMILES string of the molecule is CCCCC1CN(Cc2cc(C)cc(OCC(=O)O)c2)CCN1c1nc2ccc(OC(F)(F)F)cc2s1. The fourth-order valence-corrected chi connectivity index (χ4v) is 5.71. The summed E-state index contributed by atoms with van der Waals surface area (Å²) in [5.41, 5.74) is 2.71. The van der Waals surface area contributed by atoms with E-state index in [1.54, 1.807) is 6.07 Å². The first-order chi connectivity index (χ1) is 17.6. The molecule has 3 aromatic rings. The summed E-state index contributed by atoms with van der Waals surface area (Å²) in [5.74, 6) is -0.716. The maximum absolute atomic E-state index is 12.6. The molecular formula is C26H30F3N3O4S. The average Bonchev–Trinajstić information content (AvgIpc) is 3.23. The highest BCUT2D eigenvalue weighted by atomic mass is 32.1. The Kier molecular flexibility index (Phi) is 8.43. The summed E-state index contributed by atoms with van der Waals surface area (Å²) in [5, 5.41) is 9.71. The lowest BCUT2D eigenvalue weighted by atomic mass is 10.0. The van der Waals surface area contributed by atoms with Crippen molar-refractivity contribution in [2.75, 3.05) is 31.1 Å².